The first-order valence-electron chi connectivity index (χ1n) is 20.7. The van der Waals surface area contributed by atoms with Crippen LogP contribution in [0, 0.1) is 0 Å². The molecular weight excluding hydrogens is 757 g/mol. The van der Waals surface area contributed by atoms with Crippen molar-refractivity contribution >= 4 is 64.1 Å². The number of hydrogen-bond donors (Lipinski definition) is 0. The summed E-state index contributed by atoms with van der Waals surface area (Å²) < 4.78 is 2.61. The molecule has 0 aliphatic heterocycles. The van der Waals surface area contributed by atoms with Crippen LogP contribution in [0.1, 0.15) is 0 Å². The molecule has 2 heterocycles. The topological polar surface area (TPSA) is 25.8 Å². The van der Waals surface area contributed by atoms with Crippen molar-refractivity contribution in [3.63, 3.8) is 0 Å². The second-order valence-corrected chi connectivity index (χ2v) is 16.8. The van der Waals surface area contributed by atoms with E-state index in [2.05, 4.69) is 212 Å². The Kier molecular flexibility index (Phi) is 8.39. The van der Waals surface area contributed by atoms with Gasteiger partial charge in [0.25, 0.3) is 0 Å². The summed E-state index contributed by atoms with van der Waals surface area (Å²) >= 11 is 1.88. The number of benzene rings is 10. The summed E-state index contributed by atoms with van der Waals surface area (Å²) in [6.07, 6.45) is 1.92. The van der Waals surface area contributed by atoms with Gasteiger partial charge >= 0.3 is 0 Å². The molecule has 10 aromatic carbocycles. The first kappa shape index (κ1) is 35.2. The predicted octanol–water partition coefficient (Wildman–Crippen LogP) is 16.3. The van der Waals surface area contributed by atoms with Crippen molar-refractivity contribution < 1.29 is 0 Å². The maximum atomic E-state index is 5.27. The molecule has 0 amide bonds. The van der Waals surface area contributed by atoms with Gasteiger partial charge in [0, 0.05) is 42.1 Å². The van der Waals surface area contributed by atoms with Crippen LogP contribution in [-0.4, -0.2) is 9.97 Å². The van der Waals surface area contributed by atoms with Crippen molar-refractivity contribution in [2.24, 2.45) is 0 Å². The average Bonchev–Trinajstić information content (AvgIpc) is 3.72. The van der Waals surface area contributed by atoms with Crippen molar-refractivity contribution in [3.8, 4) is 66.9 Å². The minimum atomic E-state index is 0.863. The minimum absolute atomic E-state index is 0.863. The van der Waals surface area contributed by atoms with Gasteiger partial charge in [-0.25, -0.2) is 4.98 Å². The molecule has 0 saturated heterocycles. The molecule has 0 bridgehead atoms. The number of nitrogens with zero attached hydrogens (tertiary/aromatic N) is 2. The first-order chi connectivity index (χ1) is 30.2. The van der Waals surface area contributed by atoms with Gasteiger partial charge in [0.15, 0.2) is 0 Å². The van der Waals surface area contributed by atoms with E-state index in [1.807, 2.05) is 17.5 Å². The molecule has 0 fully saturated rings. The van der Waals surface area contributed by atoms with Gasteiger partial charge in [0.1, 0.15) is 0 Å². The lowest BCUT2D eigenvalue weighted by atomic mass is 9.93. The minimum Gasteiger partial charge on any atom is -0.252 e. The Morgan fingerprint density at radius 3 is 1.46 bits per heavy atom. The molecule has 0 atom stereocenters. The van der Waals surface area contributed by atoms with Crippen LogP contribution < -0.4 is 0 Å². The number of rotatable bonds is 6. The molecule has 0 aliphatic rings. The van der Waals surface area contributed by atoms with Crippen LogP contribution in [0.15, 0.2) is 219 Å². The SMILES string of the molecule is c1ccc(-c2ccc3sc4c(-c5ccc(-c6cccc(-c7cccc(-c8cnc9c%10ccccc%10c%10ccccc%10c9n8)c7)c6)cc5)cc(-c5ccccc5)cc4c3c2)cc1. The fraction of sp³-hybridized carbons (Fsp3) is 0. The lowest BCUT2D eigenvalue weighted by Gasteiger charge is -2.12. The van der Waals surface area contributed by atoms with E-state index in [0.717, 1.165) is 44.2 Å². The Morgan fingerprint density at radius 1 is 0.295 bits per heavy atom. The Morgan fingerprint density at radius 2 is 0.770 bits per heavy atom. The van der Waals surface area contributed by atoms with Gasteiger partial charge < -0.3 is 0 Å². The second kappa shape index (κ2) is 14.5. The number of fused-ring (bicyclic) bond motifs is 9. The van der Waals surface area contributed by atoms with Gasteiger partial charge in [-0.15, -0.1) is 11.3 Å². The smallest absolute Gasteiger partial charge is 0.0979 e. The molecule has 2 nitrogen and oxygen atoms in total. The summed E-state index contributed by atoms with van der Waals surface area (Å²) in [5.74, 6) is 0. The van der Waals surface area contributed by atoms with Crippen LogP contribution in [0.25, 0.3) is 120 Å². The van der Waals surface area contributed by atoms with E-state index < -0.39 is 0 Å². The van der Waals surface area contributed by atoms with E-state index in [4.69, 9.17) is 9.97 Å². The van der Waals surface area contributed by atoms with Crippen molar-refractivity contribution in [1.82, 2.24) is 9.97 Å². The van der Waals surface area contributed by atoms with Gasteiger partial charge in [0.05, 0.1) is 22.9 Å². The molecule has 0 radical (unpaired) electrons. The molecule has 0 spiro atoms. The van der Waals surface area contributed by atoms with Gasteiger partial charge in [-0.3, -0.25) is 4.98 Å². The van der Waals surface area contributed by atoms with E-state index in [1.165, 1.54) is 75.5 Å². The van der Waals surface area contributed by atoms with Gasteiger partial charge in [-0.1, -0.05) is 176 Å². The van der Waals surface area contributed by atoms with E-state index in [9.17, 15) is 0 Å². The van der Waals surface area contributed by atoms with Crippen LogP contribution in [0.4, 0.5) is 0 Å². The highest BCUT2D eigenvalue weighted by molar-refractivity contribution is 7.26. The van der Waals surface area contributed by atoms with Crippen molar-refractivity contribution in [3.05, 3.63) is 219 Å². The maximum absolute atomic E-state index is 5.27. The normalized spacial score (nSPS) is 11.6. The highest BCUT2D eigenvalue weighted by Gasteiger charge is 2.16. The highest BCUT2D eigenvalue weighted by Crippen LogP contribution is 2.44. The Balaban J connectivity index is 0.904. The molecule has 3 heteroatoms. The van der Waals surface area contributed by atoms with E-state index in [0.29, 0.717) is 0 Å². The molecule has 2 aromatic heterocycles. The number of aromatic nitrogens is 2. The van der Waals surface area contributed by atoms with Crippen LogP contribution >= 0.6 is 11.3 Å². The number of hydrogen-bond acceptors (Lipinski definition) is 3. The summed E-state index contributed by atoms with van der Waals surface area (Å²) in [5, 5.41) is 7.24. The first-order valence-corrected chi connectivity index (χ1v) is 21.5. The largest absolute Gasteiger partial charge is 0.252 e. The third kappa shape index (κ3) is 6.18. The zero-order valence-corrected chi connectivity index (χ0v) is 33.9. The third-order valence-corrected chi connectivity index (χ3v) is 13.3. The molecule has 61 heavy (non-hydrogen) atoms. The van der Waals surface area contributed by atoms with Crippen LogP contribution in [0.2, 0.25) is 0 Å². The molecule has 0 aliphatic carbocycles. The summed E-state index contributed by atoms with van der Waals surface area (Å²) in [6, 6.07) is 76.7. The predicted molar refractivity (Wildman–Crippen MR) is 260 cm³/mol. The Hall–Kier alpha value is -7.72. The lowest BCUT2D eigenvalue weighted by Crippen LogP contribution is -1.92. The number of thiophene rings is 1. The lowest BCUT2D eigenvalue weighted by molar-refractivity contribution is 1.31. The second-order valence-electron chi connectivity index (χ2n) is 15.7. The monoisotopic (exact) mass is 792 g/mol. The zero-order valence-electron chi connectivity index (χ0n) is 33.1. The van der Waals surface area contributed by atoms with E-state index in [-0.39, 0.29) is 0 Å². The third-order valence-electron chi connectivity index (χ3n) is 12.1. The van der Waals surface area contributed by atoms with Crippen LogP contribution in [0.3, 0.4) is 0 Å². The molecule has 284 valence electrons. The summed E-state index contributed by atoms with van der Waals surface area (Å²) in [6.45, 7) is 0. The van der Waals surface area contributed by atoms with E-state index >= 15 is 0 Å². The van der Waals surface area contributed by atoms with Crippen molar-refractivity contribution in [1.29, 1.82) is 0 Å². The highest BCUT2D eigenvalue weighted by atomic mass is 32.1. The zero-order chi connectivity index (χ0) is 40.3. The summed E-state index contributed by atoms with van der Waals surface area (Å²) in [4.78, 5) is 10.3. The Bertz CT molecular complexity index is 3590. The summed E-state index contributed by atoms with van der Waals surface area (Å²) in [5.41, 5.74) is 15.8. The van der Waals surface area contributed by atoms with Crippen molar-refractivity contribution in [2.75, 3.05) is 0 Å². The molecular formula is C58H36N2S. The average molecular weight is 793 g/mol. The standard InChI is InChI=1S/C58H36N2S/c1-3-13-37(14-4-1)44-29-30-55-52(33-44)53-35-46(38-15-5-2-6-16-38)34-51(58(53)61-55)40-27-25-39(26-28-40)41-17-11-18-42(31-41)43-19-12-20-45(32-43)54-36-59-56-49-23-9-7-21-47(49)48-22-8-10-24-50(48)57(56)60-54/h1-36H. The maximum Gasteiger partial charge on any atom is 0.0979 e. The molecule has 12 aromatic rings. The molecule has 0 unspecified atom stereocenters. The van der Waals surface area contributed by atoms with E-state index in [1.54, 1.807) is 0 Å². The fourth-order valence-electron chi connectivity index (χ4n) is 9.04. The fourth-order valence-corrected chi connectivity index (χ4v) is 10.2. The van der Waals surface area contributed by atoms with Crippen LogP contribution in [-0.2, 0) is 0 Å². The molecule has 12 rings (SSSR count). The quantitative estimate of drug-likeness (QED) is 0.157. The van der Waals surface area contributed by atoms with Gasteiger partial charge in [0.2, 0.25) is 0 Å². The van der Waals surface area contributed by atoms with Gasteiger partial charge in [-0.05, 0) is 97.2 Å². The van der Waals surface area contributed by atoms with Gasteiger partial charge in [-0.2, -0.15) is 0 Å². The van der Waals surface area contributed by atoms with Crippen molar-refractivity contribution in [2.45, 2.75) is 0 Å². The molecule has 0 saturated carbocycles. The van der Waals surface area contributed by atoms with Crippen LogP contribution in [0.5, 0.6) is 0 Å². The summed E-state index contributed by atoms with van der Waals surface area (Å²) in [7, 11) is 0. The molecule has 0 N–H and O–H groups in total. The Labute approximate surface area is 357 Å².